The molecule has 0 unspecified atom stereocenters. The van der Waals surface area contributed by atoms with Crippen molar-refractivity contribution in [2.45, 2.75) is 31.3 Å². The van der Waals surface area contributed by atoms with Crippen molar-refractivity contribution >= 4 is 0 Å². The van der Waals surface area contributed by atoms with Gasteiger partial charge < -0.3 is 9.84 Å². The molecule has 5 nitrogen and oxygen atoms in total. The molecule has 0 saturated carbocycles. The van der Waals surface area contributed by atoms with E-state index >= 15 is 0 Å². The van der Waals surface area contributed by atoms with Crippen LogP contribution in [0.2, 0.25) is 0 Å². The zero-order valence-electron chi connectivity index (χ0n) is 16.3. The summed E-state index contributed by atoms with van der Waals surface area (Å²) in [4.78, 5) is 9.61. The van der Waals surface area contributed by atoms with E-state index < -0.39 is 0 Å². The maximum absolute atomic E-state index is 10.3. The molecule has 2 saturated heterocycles. The van der Waals surface area contributed by atoms with Crippen molar-refractivity contribution in [2.75, 3.05) is 39.4 Å². The van der Waals surface area contributed by atoms with E-state index in [4.69, 9.17) is 4.74 Å². The van der Waals surface area contributed by atoms with Crippen LogP contribution in [0.1, 0.15) is 30.0 Å². The zero-order chi connectivity index (χ0) is 19.0. The van der Waals surface area contributed by atoms with Crippen LogP contribution in [-0.2, 0) is 6.54 Å². The van der Waals surface area contributed by atoms with Crippen LogP contribution in [0.3, 0.4) is 0 Å². The Balaban J connectivity index is 1.25. The monoisotopic (exact) mass is 379 g/mol. The molecule has 0 radical (unpaired) electrons. The highest BCUT2D eigenvalue weighted by Gasteiger charge is 2.52. The Morgan fingerprint density at radius 2 is 1.93 bits per heavy atom. The predicted octanol–water partition coefficient (Wildman–Crippen LogP) is 2.52. The number of piperidine rings is 1. The van der Waals surface area contributed by atoms with Gasteiger partial charge in [0.15, 0.2) is 0 Å². The maximum Gasteiger partial charge on any atom is 0.122 e. The van der Waals surface area contributed by atoms with Crippen molar-refractivity contribution in [1.29, 1.82) is 0 Å². The van der Waals surface area contributed by atoms with E-state index in [0.717, 1.165) is 44.2 Å². The third kappa shape index (κ3) is 3.21. The Hall–Kier alpha value is -1.95. The summed E-state index contributed by atoms with van der Waals surface area (Å²) in [5, 5.41) is 10.3. The maximum atomic E-state index is 10.3. The fourth-order valence-electron chi connectivity index (χ4n) is 5.35. The normalized spacial score (nSPS) is 28.5. The Kier molecular flexibility index (Phi) is 4.83. The number of aliphatic hydroxyl groups is 1. The minimum absolute atomic E-state index is 0.153. The fraction of sp³-hybridized carbons (Fsp3) is 0.522. The molecule has 5 heteroatoms. The number of fused-ring (bicyclic) bond motifs is 3. The second-order valence-electron chi connectivity index (χ2n) is 8.66. The second-order valence-corrected chi connectivity index (χ2v) is 8.66. The van der Waals surface area contributed by atoms with Crippen LogP contribution in [0, 0.1) is 5.41 Å². The smallest absolute Gasteiger partial charge is 0.122 e. The summed E-state index contributed by atoms with van der Waals surface area (Å²) in [6.45, 7) is 5.96. The number of pyridine rings is 1. The van der Waals surface area contributed by atoms with E-state index in [0.29, 0.717) is 18.6 Å². The number of hydrogen-bond acceptors (Lipinski definition) is 5. The molecule has 3 aliphatic rings. The molecule has 5 rings (SSSR count). The third-order valence-electron chi connectivity index (χ3n) is 6.98. The van der Waals surface area contributed by atoms with Crippen LogP contribution >= 0.6 is 0 Å². The number of aromatic nitrogens is 1. The Morgan fingerprint density at radius 3 is 2.71 bits per heavy atom. The topological polar surface area (TPSA) is 48.8 Å². The van der Waals surface area contributed by atoms with Gasteiger partial charge in [-0.15, -0.1) is 0 Å². The molecule has 0 amide bonds. The summed E-state index contributed by atoms with van der Waals surface area (Å²) in [6, 6.07) is 15.1. The number of rotatable bonds is 4. The summed E-state index contributed by atoms with van der Waals surface area (Å²) in [5.74, 6) is 1.37. The van der Waals surface area contributed by atoms with Crippen LogP contribution < -0.4 is 4.74 Å². The number of nitrogens with zero attached hydrogens (tertiary/aromatic N) is 3. The SMILES string of the molecule is OC[C@]12COc3ccccc3[C@H]1CN(C1CCN(Cc3ccccn3)CC1)C2. The van der Waals surface area contributed by atoms with E-state index in [1.54, 1.807) is 0 Å². The van der Waals surface area contributed by atoms with Gasteiger partial charge in [0.2, 0.25) is 0 Å². The van der Waals surface area contributed by atoms with Crippen molar-refractivity contribution in [1.82, 2.24) is 14.8 Å². The van der Waals surface area contributed by atoms with Crippen LogP contribution in [0.4, 0.5) is 0 Å². The van der Waals surface area contributed by atoms with Gasteiger partial charge in [-0.1, -0.05) is 24.3 Å². The van der Waals surface area contributed by atoms with Crippen LogP contribution in [0.5, 0.6) is 5.75 Å². The van der Waals surface area contributed by atoms with Gasteiger partial charge in [-0.3, -0.25) is 14.8 Å². The summed E-state index contributed by atoms with van der Waals surface area (Å²) in [6.07, 6.45) is 4.25. The molecule has 3 aliphatic heterocycles. The Labute approximate surface area is 166 Å². The van der Waals surface area contributed by atoms with Crippen LogP contribution in [-0.4, -0.2) is 65.3 Å². The lowest BCUT2D eigenvalue weighted by Crippen LogP contribution is -2.46. The molecular weight excluding hydrogens is 350 g/mol. The van der Waals surface area contributed by atoms with Crippen molar-refractivity contribution in [3.63, 3.8) is 0 Å². The van der Waals surface area contributed by atoms with Crippen molar-refractivity contribution in [3.8, 4) is 5.75 Å². The van der Waals surface area contributed by atoms with Gasteiger partial charge in [0.05, 0.1) is 18.9 Å². The number of benzene rings is 1. The lowest BCUT2D eigenvalue weighted by atomic mass is 9.74. The van der Waals surface area contributed by atoms with Crippen LogP contribution in [0.15, 0.2) is 48.7 Å². The van der Waals surface area contributed by atoms with Gasteiger partial charge in [0, 0.05) is 56.3 Å². The summed E-state index contributed by atoms with van der Waals surface area (Å²) in [7, 11) is 0. The van der Waals surface area contributed by atoms with E-state index in [1.807, 2.05) is 18.3 Å². The van der Waals surface area contributed by atoms with Gasteiger partial charge in [-0.2, -0.15) is 0 Å². The minimum Gasteiger partial charge on any atom is -0.493 e. The summed E-state index contributed by atoms with van der Waals surface area (Å²) < 4.78 is 6.05. The van der Waals surface area contributed by atoms with Crippen molar-refractivity contribution in [2.24, 2.45) is 5.41 Å². The standard InChI is InChI=1S/C23H29N3O2/c27-16-23-15-26(14-21(23)20-6-1-2-7-22(20)28-17-23)19-8-11-25(12-9-19)13-18-5-3-4-10-24-18/h1-7,10,19,21,27H,8-9,11-17H2/t21-,23-/m1/s1. The first kappa shape index (κ1) is 18.1. The lowest BCUT2D eigenvalue weighted by molar-refractivity contribution is 0.0384. The quantitative estimate of drug-likeness (QED) is 0.885. The van der Waals surface area contributed by atoms with Crippen LogP contribution in [0.25, 0.3) is 0 Å². The molecular formula is C23H29N3O2. The highest BCUT2D eigenvalue weighted by Crippen LogP contribution is 2.50. The highest BCUT2D eigenvalue weighted by atomic mass is 16.5. The number of para-hydroxylation sites is 1. The lowest BCUT2D eigenvalue weighted by Gasteiger charge is -2.39. The van der Waals surface area contributed by atoms with Gasteiger partial charge in [-0.25, -0.2) is 0 Å². The van der Waals surface area contributed by atoms with E-state index in [9.17, 15) is 5.11 Å². The highest BCUT2D eigenvalue weighted by molar-refractivity contribution is 5.41. The third-order valence-corrected chi connectivity index (χ3v) is 6.98. The average molecular weight is 380 g/mol. The molecule has 1 aromatic carbocycles. The van der Waals surface area contributed by atoms with Gasteiger partial charge in [-0.05, 0) is 36.6 Å². The fourth-order valence-corrected chi connectivity index (χ4v) is 5.35. The summed E-state index contributed by atoms with van der Waals surface area (Å²) >= 11 is 0. The zero-order valence-corrected chi connectivity index (χ0v) is 16.3. The molecule has 2 fully saturated rings. The molecule has 2 aromatic rings. The largest absolute Gasteiger partial charge is 0.493 e. The average Bonchev–Trinajstić information content (AvgIpc) is 3.16. The first-order valence-corrected chi connectivity index (χ1v) is 10.5. The minimum atomic E-state index is -0.153. The van der Waals surface area contributed by atoms with Gasteiger partial charge in [0.25, 0.3) is 0 Å². The number of likely N-dealkylation sites (tertiary alicyclic amines) is 2. The Bertz CT molecular complexity index is 807. The molecule has 0 spiro atoms. The van der Waals surface area contributed by atoms with E-state index in [2.05, 4.69) is 45.1 Å². The van der Waals surface area contributed by atoms with Gasteiger partial charge >= 0.3 is 0 Å². The predicted molar refractivity (Wildman–Crippen MR) is 108 cm³/mol. The summed E-state index contributed by atoms with van der Waals surface area (Å²) in [5.41, 5.74) is 2.28. The molecule has 28 heavy (non-hydrogen) atoms. The van der Waals surface area contributed by atoms with Gasteiger partial charge in [0.1, 0.15) is 5.75 Å². The first-order valence-electron chi connectivity index (χ1n) is 10.5. The Morgan fingerprint density at radius 1 is 1.11 bits per heavy atom. The number of hydrogen-bond donors (Lipinski definition) is 1. The number of aliphatic hydroxyl groups excluding tert-OH is 1. The van der Waals surface area contributed by atoms with Crippen molar-refractivity contribution in [3.05, 3.63) is 59.9 Å². The molecule has 148 valence electrons. The number of ether oxygens (including phenoxy) is 1. The molecule has 4 heterocycles. The molecule has 0 aliphatic carbocycles. The molecule has 0 bridgehead atoms. The second kappa shape index (κ2) is 7.47. The molecule has 2 atom stereocenters. The molecule has 1 N–H and O–H groups in total. The first-order chi connectivity index (χ1) is 13.8. The van der Waals surface area contributed by atoms with Crippen molar-refractivity contribution < 1.29 is 9.84 Å². The van der Waals surface area contributed by atoms with E-state index in [1.165, 1.54) is 18.4 Å². The molecule has 1 aromatic heterocycles. The van der Waals surface area contributed by atoms with E-state index in [-0.39, 0.29) is 12.0 Å².